The van der Waals surface area contributed by atoms with E-state index in [9.17, 15) is 0 Å². The summed E-state index contributed by atoms with van der Waals surface area (Å²) in [6.45, 7) is 11.6. The number of benzene rings is 1. The monoisotopic (exact) mass is 277 g/mol. The van der Waals surface area contributed by atoms with Crippen LogP contribution in [0, 0.1) is 13.8 Å². The van der Waals surface area contributed by atoms with Gasteiger partial charge in [-0.2, -0.15) is 0 Å². The molecule has 1 rings (SSSR count). The summed E-state index contributed by atoms with van der Waals surface area (Å²) in [6, 6.07) is 7.34. The third kappa shape index (κ3) is 6.53. The Kier molecular flexibility index (Phi) is 8.56. The molecule has 1 aromatic carbocycles. The van der Waals surface area contributed by atoms with E-state index in [1.165, 1.54) is 23.1 Å². The highest BCUT2D eigenvalue weighted by Crippen LogP contribution is 2.13. The van der Waals surface area contributed by atoms with Crippen molar-refractivity contribution in [3.05, 3.63) is 34.9 Å². The predicted octanol–water partition coefficient (Wildman–Crippen LogP) is 4.03. The van der Waals surface area contributed by atoms with Gasteiger partial charge < -0.3 is 10.1 Å². The molecule has 0 aliphatic carbocycles. The first kappa shape index (κ1) is 17.2. The Balaban J connectivity index is 2.51. The number of hydrogen-bond donors (Lipinski definition) is 1. The summed E-state index contributed by atoms with van der Waals surface area (Å²) in [5.74, 6) is 0. The van der Waals surface area contributed by atoms with Crippen molar-refractivity contribution in [3.8, 4) is 0 Å². The second-order valence-electron chi connectivity index (χ2n) is 5.67. The quantitative estimate of drug-likeness (QED) is 0.652. The van der Waals surface area contributed by atoms with Crippen LogP contribution in [0.25, 0.3) is 0 Å². The Labute approximate surface area is 124 Å². The molecule has 0 aromatic heterocycles. The topological polar surface area (TPSA) is 21.3 Å². The zero-order valence-corrected chi connectivity index (χ0v) is 13.7. The molecule has 0 fully saturated rings. The number of nitrogens with one attached hydrogen (secondary N) is 1. The zero-order valence-electron chi connectivity index (χ0n) is 13.7. The Hall–Kier alpha value is -0.860. The molecule has 0 aliphatic heterocycles. The van der Waals surface area contributed by atoms with Crippen molar-refractivity contribution in [3.63, 3.8) is 0 Å². The van der Waals surface area contributed by atoms with Gasteiger partial charge in [0, 0.05) is 19.3 Å². The highest BCUT2D eigenvalue weighted by atomic mass is 16.5. The van der Waals surface area contributed by atoms with Crippen LogP contribution >= 0.6 is 0 Å². The van der Waals surface area contributed by atoms with E-state index in [0.29, 0.717) is 6.04 Å². The fourth-order valence-electron chi connectivity index (χ4n) is 2.31. The Morgan fingerprint density at radius 2 is 1.85 bits per heavy atom. The lowest BCUT2D eigenvalue weighted by Crippen LogP contribution is -2.33. The molecule has 0 heterocycles. The van der Waals surface area contributed by atoms with Crippen molar-refractivity contribution in [2.24, 2.45) is 0 Å². The van der Waals surface area contributed by atoms with Crippen LogP contribution in [0.3, 0.4) is 0 Å². The molecule has 0 radical (unpaired) electrons. The van der Waals surface area contributed by atoms with Gasteiger partial charge in [-0.25, -0.2) is 0 Å². The smallest absolute Gasteiger partial charge is 0.0480 e. The Bertz CT molecular complexity index is 376. The van der Waals surface area contributed by atoms with Crippen molar-refractivity contribution in [2.45, 2.75) is 59.4 Å². The number of hydrogen-bond acceptors (Lipinski definition) is 2. The standard InChI is InChI=1S/C18H31NO/c1-5-10-19-18(9-12-20-11-6-2)14-17-8-7-15(3)16(4)13-17/h7-8,13,18-19H,5-6,9-12,14H2,1-4H3. The van der Waals surface area contributed by atoms with E-state index in [0.717, 1.165) is 39.0 Å². The van der Waals surface area contributed by atoms with E-state index in [2.05, 4.69) is 51.2 Å². The van der Waals surface area contributed by atoms with E-state index < -0.39 is 0 Å². The van der Waals surface area contributed by atoms with E-state index in [-0.39, 0.29) is 0 Å². The lowest BCUT2D eigenvalue weighted by atomic mass is 9.99. The minimum Gasteiger partial charge on any atom is -0.381 e. The van der Waals surface area contributed by atoms with Gasteiger partial charge in [0.05, 0.1) is 0 Å². The van der Waals surface area contributed by atoms with Crippen LogP contribution in [0.4, 0.5) is 0 Å². The first-order chi connectivity index (χ1) is 9.67. The lowest BCUT2D eigenvalue weighted by molar-refractivity contribution is 0.124. The minimum absolute atomic E-state index is 0.522. The largest absolute Gasteiger partial charge is 0.381 e. The Morgan fingerprint density at radius 1 is 1.05 bits per heavy atom. The van der Waals surface area contributed by atoms with Gasteiger partial charge >= 0.3 is 0 Å². The number of ether oxygens (including phenoxy) is 1. The van der Waals surface area contributed by atoms with Gasteiger partial charge in [-0.05, 0) is 62.8 Å². The summed E-state index contributed by atoms with van der Waals surface area (Å²) in [5.41, 5.74) is 4.19. The maximum absolute atomic E-state index is 5.63. The summed E-state index contributed by atoms with van der Waals surface area (Å²) >= 11 is 0. The zero-order chi connectivity index (χ0) is 14.8. The van der Waals surface area contributed by atoms with E-state index in [4.69, 9.17) is 4.74 Å². The summed E-state index contributed by atoms with van der Waals surface area (Å²) in [5, 5.41) is 3.65. The molecule has 2 heteroatoms. The highest BCUT2D eigenvalue weighted by molar-refractivity contribution is 5.30. The lowest BCUT2D eigenvalue weighted by Gasteiger charge is -2.19. The van der Waals surface area contributed by atoms with Crippen LogP contribution < -0.4 is 5.32 Å². The van der Waals surface area contributed by atoms with E-state index in [1.54, 1.807) is 0 Å². The van der Waals surface area contributed by atoms with Crippen LogP contribution in [-0.2, 0) is 11.2 Å². The van der Waals surface area contributed by atoms with Crippen LogP contribution in [0.5, 0.6) is 0 Å². The second-order valence-corrected chi connectivity index (χ2v) is 5.67. The summed E-state index contributed by atoms with van der Waals surface area (Å²) in [6.07, 6.45) is 4.47. The molecule has 0 saturated heterocycles. The van der Waals surface area contributed by atoms with Gasteiger partial charge in [0.15, 0.2) is 0 Å². The van der Waals surface area contributed by atoms with Crippen LogP contribution in [0.2, 0.25) is 0 Å². The van der Waals surface area contributed by atoms with Gasteiger partial charge in [0.2, 0.25) is 0 Å². The predicted molar refractivity (Wildman–Crippen MR) is 87.4 cm³/mol. The van der Waals surface area contributed by atoms with Crippen molar-refractivity contribution in [1.82, 2.24) is 5.32 Å². The fourth-order valence-corrected chi connectivity index (χ4v) is 2.31. The van der Waals surface area contributed by atoms with Crippen molar-refractivity contribution >= 4 is 0 Å². The number of aryl methyl sites for hydroxylation is 2. The molecule has 20 heavy (non-hydrogen) atoms. The summed E-state index contributed by atoms with van der Waals surface area (Å²) in [4.78, 5) is 0. The molecule has 0 aliphatic rings. The molecule has 0 amide bonds. The van der Waals surface area contributed by atoms with Crippen molar-refractivity contribution < 1.29 is 4.74 Å². The molecule has 114 valence electrons. The molecule has 1 N–H and O–H groups in total. The fraction of sp³-hybridized carbons (Fsp3) is 0.667. The number of rotatable bonds is 10. The minimum atomic E-state index is 0.522. The third-order valence-corrected chi connectivity index (χ3v) is 3.70. The maximum Gasteiger partial charge on any atom is 0.0480 e. The van der Waals surface area contributed by atoms with Gasteiger partial charge in [0.25, 0.3) is 0 Å². The highest BCUT2D eigenvalue weighted by Gasteiger charge is 2.09. The van der Waals surface area contributed by atoms with Crippen LogP contribution in [0.1, 0.15) is 49.8 Å². The SMILES string of the molecule is CCCNC(CCOCCC)Cc1ccc(C)c(C)c1. The van der Waals surface area contributed by atoms with Crippen molar-refractivity contribution in [2.75, 3.05) is 19.8 Å². The summed E-state index contributed by atoms with van der Waals surface area (Å²) in [7, 11) is 0. The molecule has 2 nitrogen and oxygen atoms in total. The average molecular weight is 277 g/mol. The summed E-state index contributed by atoms with van der Waals surface area (Å²) < 4.78 is 5.63. The van der Waals surface area contributed by atoms with Crippen LogP contribution in [-0.4, -0.2) is 25.8 Å². The molecule has 1 unspecified atom stereocenters. The molecule has 0 spiro atoms. The van der Waals surface area contributed by atoms with Gasteiger partial charge in [0.1, 0.15) is 0 Å². The van der Waals surface area contributed by atoms with Gasteiger partial charge in [-0.15, -0.1) is 0 Å². The van der Waals surface area contributed by atoms with E-state index >= 15 is 0 Å². The van der Waals surface area contributed by atoms with Crippen LogP contribution in [0.15, 0.2) is 18.2 Å². The Morgan fingerprint density at radius 3 is 2.50 bits per heavy atom. The maximum atomic E-state index is 5.63. The molecule has 0 saturated carbocycles. The first-order valence-electron chi connectivity index (χ1n) is 8.04. The first-order valence-corrected chi connectivity index (χ1v) is 8.04. The second kappa shape index (κ2) is 9.95. The molecule has 1 aromatic rings. The molecular weight excluding hydrogens is 246 g/mol. The van der Waals surface area contributed by atoms with Crippen molar-refractivity contribution in [1.29, 1.82) is 0 Å². The van der Waals surface area contributed by atoms with Gasteiger partial charge in [-0.1, -0.05) is 32.0 Å². The average Bonchev–Trinajstić information content (AvgIpc) is 2.44. The molecular formula is C18H31NO. The molecule has 1 atom stereocenters. The third-order valence-electron chi connectivity index (χ3n) is 3.70. The normalized spacial score (nSPS) is 12.6. The van der Waals surface area contributed by atoms with E-state index in [1.807, 2.05) is 0 Å². The molecule has 0 bridgehead atoms. The van der Waals surface area contributed by atoms with Gasteiger partial charge in [-0.3, -0.25) is 0 Å².